The number of carbonyl (C=O) groups is 1. The molecule has 0 aliphatic heterocycles. The summed E-state index contributed by atoms with van der Waals surface area (Å²) < 4.78 is 0. The van der Waals surface area contributed by atoms with Gasteiger partial charge in [0.2, 0.25) is 0 Å². The van der Waals surface area contributed by atoms with Crippen LogP contribution in [0.3, 0.4) is 0 Å². The predicted octanol–water partition coefficient (Wildman–Crippen LogP) is 3.08. The van der Waals surface area contributed by atoms with Crippen molar-refractivity contribution in [3.8, 4) is 11.3 Å². The molecule has 4 nitrogen and oxygen atoms in total. The summed E-state index contributed by atoms with van der Waals surface area (Å²) in [6.07, 6.45) is 1.41. The van der Waals surface area contributed by atoms with E-state index < -0.39 is 5.97 Å². The van der Waals surface area contributed by atoms with Crippen molar-refractivity contribution in [2.75, 3.05) is 0 Å². The van der Waals surface area contributed by atoms with Crippen LogP contribution in [0.5, 0.6) is 0 Å². The number of aromatic nitrogens is 2. The third-order valence-corrected chi connectivity index (χ3v) is 3.35. The van der Waals surface area contributed by atoms with Gasteiger partial charge in [0.25, 0.3) is 0 Å². The minimum Gasteiger partial charge on any atom is -0.478 e. The second kappa shape index (κ2) is 4.80. The lowest BCUT2D eigenvalue weighted by Crippen LogP contribution is -2.07. The summed E-state index contributed by atoms with van der Waals surface area (Å²) in [6.45, 7) is 7.69. The first-order valence-corrected chi connectivity index (χ1v) is 6.05. The number of rotatable bonds is 2. The minimum atomic E-state index is -0.995. The van der Waals surface area contributed by atoms with Crippen molar-refractivity contribution < 1.29 is 9.90 Å². The molecule has 1 heterocycles. The van der Waals surface area contributed by atoms with Crippen LogP contribution < -0.4 is 0 Å². The van der Waals surface area contributed by atoms with Crippen molar-refractivity contribution >= 4 is 5.97 Å². The fourth-order valence-electron chi connectivity index (χ4n) is 2.15. The van der Waals surface area contributed by atoms with Crippen molar-refractivity contribution in [2.24, 2.45) is 0 Å². The fraction of sp³-hybridized carbons (Fsp3) is 0.267. The van der Waals surface area contributed by atoms with E-state index in [1.165, 1.54) is 11.9 Å². The molecule has 0 unspecified atom stereocenters. The van der Waals surface area contributed by atoms with Gasteiger partial charge in [0.1, 0.15) is 11.9 Å². The molecule has 98 valence electrons. The molecule has 4 heteroatoms. The van der Waals surface area contributed by atoms with Gasteiger partial charge in [0, 0.05) is 5.56 Å². The Morgan fingerprint density at radius 2 is 1.63 bits per heavy atom. The molecule has 0 atom stereocenters. The first-order chi connectivity index (χ1) is 8.91. The van der Waals surface area contributed by atoms with Gasteiger partial charge >= 0.3 is 5.97 Å². The summed E-state index contributed by atoms with van der Waals surface area (Å²) in [5.74, 6) is -0.995. The molecular formula is C15H16N2O2. The van der Waals surface area contributed by atoms with Crippen LogP contribution >= 0.6 is 0 Å². The van der Waals surface area contributed by atoms with Crippen molar-refractivity contribution in [3.05, 3.63) is 46.4 Å². The van der Waals surface area contributed by atoms with Gasteiger partial charge in [0.15, 0.2) is 0 Å². The van der Waals surface area contributed by atoms with E-state index in [4.69, 9.17) is 0 Å². The lowest BCUT2D eigenvalue weighted by molar-refractivity contribution is 0.0696. The zero-order valence-corrected chi connectivity index (χ0v) is 11.5. The van der Waals surface area contributed by atoms with Crippen LogP contribution in [0.1, 0.15) is 32.7 Å². The molecule has 0 bridgehead atoms. The Bertz CT molecular complexity index is 663. The van der Waals surface area contributed by atoms with Gasteiger partial charge in [-0.1, -0.05) is 6.07 Å². The molecule has 1 aromatic heterocycles. The summed E-state index contributed by atoms with van der Waals surface area (Å²) in [5.41, 5.74) is 5.32. The molecule has 2 aromatic rings. The quantitative estimate of drug-likeness (QED) is 0.896. The topological polar surface area (TPSA) is 63.1 Å². The fourth-order valence-corrected chi connectivity index (χ4v) is 2.15. The monoisotopic (exact) mass is 256 g/mol. The highest BCUT2D eigenvalue weighted by Crippen LogP contribution is 2.28. The van der Waals surface area contributed by atoms with Gasteiger partial charge in [-0.05, 0) is 50.5 Å². The zero-order valence-electron chi connectivity index (χ0n) is 11.5. The average molecular weight is 256 g/mol. The van der Waals surface area contributed by atoms with Crippen LogP contribution in [0.2, 0.25) is 0 Å². The van der Waals surface area contributed by atoms with E-state index in [0.717, 1.165) is 16.7 Å². The van der Waals surface area contributed by atoms with E-state index in [2.05, 4.69) is 9.97 Å². The number of hydrogen-bond acceptors (Lipinski definition) is 3. The van der Waals surface area contributed by atoms with Crippen molar-refractivity contribution in [1.29, 1.82) is 0 Å². The summed E-state index contributed by atoms with van der Waals surface area (Å²) >= 11 is 0. The van der Waals surface area contributed by atoms with Crippen molar-refractivity contribution in [1.82, 2.24) is 9.97 Å². The van der Waals surface area contributed by atoms with Crippen LogP contribution in [0.25, 0.3) is 11.3 Å². The lowest BCUT2D eigenvalue weighted by atomic mass is 9.96. The maximum absolute atomic E-state index is 11.4. The molecule has 2 rings (SSSR count). The second-order valence-electron chi connectivity index (χ2n) is 4.74. The number of carboxylic acids is 1. The Kier molecular flexibility index (Phi) is 3.34. The highest BCUT2D eigenvalue weighted by molar-refractivity contribution is 5.96. The Morgan fingerprint density at radius 3 is 2.26 bits per heavy atom. The van der Waals surface area contributed by atoms with E-state index in [1.54, 1.807) is 6.92 Å². The summed E-state index contributed by atoms with van der Waals surface area (Å²) in [5, 5.41) is 9.34. The molecule has 0 aliphatic carbocycles. The molecule has 0 saturated carbocycles. The summed E-state index contributed by atoms with van der Waals surface area (Å²) in [4.78, 5) is 19.5. The lowest BCUT2D eigenvalue weighted by Gasteiger charge is -2.12. The van der Waals surface area contributed by atoms with Crippen LogP contribution in [-0.4, -0.2) is 21.0 Å². The number of aromatic carboxylic acids is 1. The molecule has 0 fully saturated rings. The van der Waals surface area contributed by atoms with Gasteiger partial charge in [-0.25, -0.2) is 14.8 Å². The number of hydrogen-bond donors (Lipinski definition) is 1. The molecule has 19 heavy (non-hydrogen) atoms. The Labute approximate surface area is 112 Å². The highest BCUT2D eigenvalue weighted by atomic mass is 16.4. The summed E-state index contributed by atoms with van der Waals surface area (Å²) in [6, 6.07) is 4.03. The van der Waals surface area contributed by atoms with E-state index in [0.29, 0.717) is 11.4 Å². The summed E-state index contributed by atoms with van der Waals surface area (Å²) in [7, 11) is 0. The van der Waals surface area contributed by atoms with Crippen LogP contribution in [0, 0.1) is 27.7 Å². The predicted molar refractivity (Wildman–Crippen MR) is 73.4 cm³/mol. The second-order valence-corrected chi connectivity index (χ2v) is 4.74. The number of aryl methyl sites for hydroxylation is 4. The smallest absolute Gasteiger partial charge is 0.339 e. The van der Waals surface area contributed by atoms with Gasteiger partial charge in [-0.3, -0.25) is 0 Å². The van der Waals surface area contributed by atoms with E-state index in [1.807, 2.05) is 32.9 Å². The molecule has 0 saturated heterocycles. The van der Waals surface area contributed by atoms with E-state index in [-0.39, 0.29) is 5.56 Å². The molecule has 0 radical (unpaired) electrons. The third kappa shape index (κ3) is 2.34. The van der Waals surface area contributed by atoms with Gasteiger partial charge < -0.3 is 5.11 Å². The average Bonchev–Trinajstić information content (AvgIpc) is 2.33. The molecule has 0 amide bonds. The van der Waals surface area contributed by atoms with E-state index in [9.17, 15) is 9.90 Å². The van der Waals surface area contributed by atoms with Gasteiger partial charge in [-0.2, -0.15) is 0 Å². The first-order valence-electron chi connectivity index (χ1n) is 6.05. The molecule has 0 aliphatic rings. The molecule has 1 aromatic carbocycles. The normalized spacial score (nSPS) is 10.5. The maximum Gasteiger partial charge on any atom is 0.339 e. The van der Waals surface area contributed by atoms with Gasteiger partial charge in [0.05, 0.1) is 11.4 Å². The first kappa shape index (κ1) is 13.2. The minimum absolute atomic E-state index is 0.175. The zero-order chi connectivity index (χ0) is 14.2. The SMILES string of the molecule is Cc1cc(C)c(-c2ncnc(C)c2C(=O)O)cc1C. The highest BCUT2D eigenvalue weighted by Gasteiger charge is 2.18. The Balaban J connectivity index is 2.76. The standard InChI is InChI=1S/C15H16N2O2/c1-8-5-10(3)12(6-9(8)2)14-13(15(18)19)11(4)16-7-17-14/h5-7H,1-4H3,(H,18,19). The van der Waals surface area contributed by atoms with Crippen molar-refractivity contribution in [3.63, 3.8) is 0 Å². The third-order valence-electron chi connectivity index (χ3n) is 3.35. The molecular weight excluding hydrogens is 240 g/mol. The van der Waals surface area contributed by atoms with Gasteiger partial charge in [-0.15, -0.1) is 0 Å². The van der Waals surface area contributed by atoms with Crippen molar-refractivity contribution in [2.45, 2.75) is 27.7 Å². The number of nitrogens with zero attached hydrogens (tertiary/aromatic N) is 2. The number of carboxylic acid groups (broad SMARTS) is 1. The Morgan fingerprint density at radius 1 is 1.00 bits per heavy atom. The maximum atomic E-state index is 11.4. The Hall–Kier alpha value is -2.23. The largest absolute Gasteiger partial charge is 0.478 e. The van der Waals surface area contributed by atoms with Crippen LogP contribution in [0.15, 0.2) is 18.5 Å². The molecule has 1 N–H and O–H groups in total. The molecule has 0 spiro atoms. The number of benzene rings is 1. The van der Waals surface area contributed by atoms with Crippen LogP contribution in [0.4, 0.5) is 0 Å². The van der Waals surface area contributed by atoms with E-state index >= 15 is 0 Å². The van der Waals surface area contributed by atoms with Crippen LogP contribution in [-0.2, 0) is 0 Å².